The fourth-order valence-electron chi connectivity index (χ4n) is 3.68. The highest BCUT2D eigenvalue weighted by Gasteiger charge is 2.42. The van der Waals surface area contributed by atoms with Crippen molar-refractivity contribution in [2.24, 2.45) is 7.05 Å². The Balaban J connectivity index is 1.73. The molecule has 1 aromatic heterocycles. The maximum Gasteiger partial charge on any atom is 0.329 e. The third-order valence-electron chi connectivity index (χ3n) is 5.05. The number of alkyl halides is 2. The van der Waals surface area contributed by atoms with Gasteiger partial charge in [-0.2, -0.15) is 5.10 Å². The molecule has 9 heteroatoms. The van der Waals surface area contributed by atoms with Gasteiger partial charge in [-0.3, -0.25) is 19.7 Å². The molecule has 1 aromatic carbocycles. The number of aromatic nitrogens is 2. The lowest BCUT2D eigenvalue weighted by molar-refractivity contribution is -0.120. The highest BCUT2D eigenvalue weighted by Crippen LogP contribution is 2.39. The number of halogens is 2. The first-order valence-electron chi connectivity index (χ1n) is 8.53. The Morgan fingerprint density at radius 3 is 2.85 bits per heavy atom. The van der Waals surface area contributed by atoms with Crippen LogP contribution in [0, 0.1) is 0 Å². The van der Waals surface area contributed by atoms with Crippen LogP contribution in [0.25, 0.3) is 10.9 Å². The van der Waals surface area contributed by atoms with Gasteiger partial charge in [-0.25, -0.2) is 13.6 Å². The number of nitrogens with one attached hydrogen (secondary N) is 2. The summed E-state index contributed by atoms with van der Waals surface area (Å²) in [4.78, 5) is 24.8. The van der Waals surface area contributed by atoms with Gasteiger partial charge in [0.15, 0.2) is 5.82 Å². The zero-order valence-electron chi connectivity index (χ0n) is 14.3. The number of rotatable bonds is 2. The van der Waals surface area contributed by atoms with Crippen molar-refractivity contribution in [3.63, 3.8) is 0 Å². The summed E-state index contributed by atoms with van der Waals surface area (Å²) in [7, 11) is 1.71. The van der Waals surface area contributed by atoms with Crippen LogP contribution in [-0.4, -0.2) is 47.3 Å². The second kappa shape index (κ2) is 6.01. The summed E-state index contributed by atoms with van der Waals surface area (Å²) in [5.74, 6) is -3.54. The van der Waals surface area contributed by atoms with Crippen molar-refractivity contribution in [1.82, 2.24) is 20.4 Å². The van der Waals surface area contributed by atoms with Gasteiger partial charge in [-0.1, -0.05) is 6.07 Å². The second-order valence-electron chi connectivity index (χ2n) is 6.76. The standard InChI is InChI=1S/C17H19F2N5O2/c1-23-13-8-10(12-4-6-20-9-17(12,18)19)2-3-11(13)15(22-23)24-7-5-14(25)21-16(24)26/h2-3,8,12,20H,4-7,9H2,1H3,(H,21,25,26)/t12-/m0/s1. The van der Waals surface area contributed by atoms with Crippen molar-refractivity contribution in [1.29, 1.82) is 0 Å². The van der Waals surface area contributed by atoms with E-state index in [0.717, 1.165) is 0 Å². The van der Waals surface area contributed by atoms with Crippen molar-refractivity contribution < 1.29 is 18.4 Å². The fraction of sp³-hybridized carbons (Fsp3) is 0.471. The molecule has 7 nitrogen and oxygen atoms in total. The van der Waals surface area contributed by atoms with Crippen LogP contribution in [-0.2, 0) is 11.8 Å². The summed E-state index contributed by atoms with van der Waals surface area (Å²) in [5, 5.41) is 10.1. The molecule has 0 spiro atoms. The number of aryl methyl sites for hydroxylation is 1. The van der Waals surface area contributed by atoms with E-state index in [4.69, 9.17) is 0 Å². The van der Waals surface area contributed by atoms with Gasteiger partial charge < -0.3 is 5.32 Å². The molecule has 0 saturated carbocycles. The minimum Gasteiger partial charge on any atom is -0.311 e. The smallest absolute Gasteiger partial charge is 0.311 e. The van der Waals surface area contributed by atoms with Crippen LogP contribution in [0.15, 0.2) is 18.2 Å². The average molecular weight is 363 g/mol. The highest BCUT2D eigenvalue weighted by atomic mass is 19.3. The highest BCUT2D eigenvalue weighted by molar-refractivity contribution is 6.08. The van der Waals surface area contributed by atoms with E-state index in [1.807, 2.05) is 0 Å². The number of anilines is 1. The van der Waals surface area contributed by atoms with Crippen LogP contribution in [0.2, 0.25) is 0 Å². The van der Waals surface area contributed by atoms with E-state index in [-0.39, 0.29) is 25.4 Å². The molecule has 2 saturated heterocycles. The van der Waals surface area contributed by atoms with Crippen LogP contribution in [0.3, 0.4) is 0 Å². The van der Waals surface area contributed by atoms with E-state index < -0.39 is 17.9 Å². The van der Waals surface area contributed by atoms with Crippen LogP contribution >= 0.6 is 0 Å². The van der Waals surface area contributed by atoms with E-state index in [1.54, 1.807) is 29.9 Å². The van der Waals surface area contributed by atoms with Crippen LogP contribution in [0.5, 0.6) is 0 Å². The SMILES string of the molecule is Cn1nc(N2CCC(=O)NC2=O)c2ccc([C@@H]3CCNCC3(F)F)cc21. The minimum absolute atomic E-state index is 0.198. The summed E-state index contributed by atoms with van der Waals surface area (Å²) < 4.78 is 30.1. The van der Waals surface area contributed by atoms with Crippen molar-refractivity contribution in [3.8, 4) is 0 Å². The number of benzene rings is 1. The van der Waals surface area contributed by atoms with E-state index in [1.165, 1.54) is 4.90 Å². The molecular weight excluding hydrogens is 344 g/mol. The molecule has 0 bridgehead atoms. The van der Waals surface area contributed by atoms with Crippen molar-refractivity contribution in [2.45, 2.75) is 24.7 Å². The molecule has 3 amide bonds. The topological polar surface area (TPSA) is 79.3 Å². The second-order valence-corrected chi connectivity index (χ2v) is 6.76. The molecule has 2 aliphatic rings. The molecule has 3 heterocycles. The summed E-state index contributed by atoms with van der Waals surface area (Å²) >= 11 is 0. The summed E-state index contributed by atoms with van der Waals surface area (Å²) in [5.41, 5.74) is 1.24. The Morgan fingerprint density at radius 1 is 1.31 bits per heavy atom. The van der Waals surface area contributed by atoms with Crippen molar-refractivity contribution >= 4 is 28.7 Å². The first-order chi connectivity index (χ1) is 12.4. The van der Waals surface area contributed by atoms with Gasteiger partial charge >= 0.3 is 6.03 Å². The lowest BCUT2D eigenvalue weighted by atomic mass is 9.86. The molecule has 0 unspecified atom stereocenters. The predicted octanol–water partition coefficient (Wildman–Crippen LogP) is 1.73. The van der Waals surface area contributed by atoms with Gasteiger partial charge in [0, 0.05) is 25.4 Å². The Hall–Kier alpha value is -2.55. The van der Waals surface area contributed by atoms with Gasteiger partial charge in [-0.05, 0) is 30.7 Å². The number of carbonyl (C=O) groups is 2. The first kappa shape index (κ1) is 16.9. The maximum atomic E-state index is 14.3. The first-order valence-corrected chi connectivity index (χ1v) is 8.53. The number of amides is 3. The number of fused-ring (bicyclic) bond motifs is 1. The number of piperidine rings is 1. The van der Waals surface area contributed by atoms with Crippen LogP contribution in [0.1, 0.15) is 24.3 Å². The Labute approximate surface area is 148 Å². The number of hydrogen-bond donors (Lipinski definition) is 2. The molecule has 4 rings (SSSR count). The van der Waals surface area contributed by atoms with E-state index in [0.29, 0.717) is 35.2 Å². The zero-order valence-corrected chi connectivity index (χ0v) is 14.3. The van der Waals surface area contributed by atoms with Gasteiger partial charge in [0.1, 0.15) is 0 Å². The number of imide groups is 1. The molecule has 2 N–H and O–H groups in total. The van der Waals surface area contributed by atoms with E-state index in [2.05, 4.69) is 15.7 Å². The van der Waals surface area contributed by atoms with Gasteiger partial charge in [-0.15, -0.1) is 0 Å². The average Bonchev–Trinajstić information content (AvgIpc) is 2.91. The van der Waals surface area contributed by atoms with Gasteiger partial charge in [0.2, 0.25) is 5.91 Å². The number of nitrogens with zero attached hydrogens (tertiary/aromatic N) is 3. The van der Waals surface area contributed by atoms with Crippen LogP contribution < -0.4 is 15.5 Å². The van der Waals surface area contributed by atoms with Crippen molar-refractivity contribution in [3.05, 3.63) is 23.8 Å². The normalized spacial score (nSPS) is 23.3. The molecule has 1 atom stereocenters. The molecule has 0 aliphatic carbocycles. The quantitative estimate of drug-likeness (QED) is 0.852. The minimum atomic E-state index is -2.81. The largest absolute Gasteiger partial charge is 0.329 e. The Bertz CT molecular complexity index is 895. The monoisotopic (exact) mass is 363 g/mol. The van der Waals surface area contributed by atoms with E-state index >= 15 is 0 Å². The third-order valence-corrected chi connectivity index (χ3v) is 5.05. The van der Waals surface area contributed by atoms with E-state index in [9.17, 15) is 18.4 Å². The Kier molecular flexibility index (Phi) is 3.91. The molecule has 138 valence electrons. The zero-order chi connectivity index (χ0) is 18.5. The van der Waals surface area contributed by atoms with Gasteiger partial charge in [0.05, 0.1) is 18.0 Å². The molecule has 26 heavy (non-hydrogen) atoms. The number of urea groups is 1. The molecule has 2 aromatic rings. The molecule has 2 fully saturated rings. The molecule has 0 radical (unpaired) electrons. The maximum absolute atomic E-state index is 14.3. The summed E-state index contributed by atoms with van der Waals surface area (Å²) in [6.07, 6.45) is 0.559. The summed E-state index contributed by atoms with van der Waals surface area (Å²) in [6.45, 7) is 0.468. The fourth-order valence-corrected chi connectivity index (χ4v) is 3.68. The van der Waals surface area contributed by atoms with Gasteiger partial charge in [0.25, 0.3) is 5.92 Å². The van der Waals surface area contributed by atoms with Crippen LogP contribution in [0.4, 0.5) is 19.4 Å². The lowest BCUT2D eigenvalue weighted by Crippen LogP contribution is -2.49. The Morgan fingerprint density at radius 2 is 2.12 bits per heavy atom. The van der Waals surface area contributed by atoms with Crippen molar-refractivity contribution in [2.75, 3.05) is 24.5 Å². The third kappa shape index (κ3) is 2.72. The predicted molar refractivity (Wildman–Crippen MR) is 91.4 cm³/mol. The molecular formula is C17H19F2N5O2. The number of carbonyl (C=O) groups excluding carboxylic acids is 2. The summed E-state index contributed by atoms with van der Waals surface area (Å²) in [6, 6.07) is 4.62. The molecule has 2 aliphatic heterocycles. The number of hydrogen-bond acceptors (Lipinski definition) is 4. The lowest BCUT2D eigenvalue weighted by Gasteiger charge is -2.32.